The Morgan fingerprint density at radius 2 is 1.66 bits per heavy atom. The zero-order valence-corrected chi connectivity index (χ0v) is 16.1. The molecule has 29 heavy (non-hydrogen) atoms. The third kappa shape index (κ3) is 3.46. The van der Waals surface area contributed by atoms with E-state index in [0.29, 0.717) is 11.3 Å². The molecular weight excluding hydrogens is 382 g/mol. The van der Waals surface area contributed by atoms with E-state index >= 15 is 0 Å². The van der Waals surface area contributed by atoms with Gasteiger partial charge in [-0.2, -0.15) is 0 Å². The summed E-state index contributed by atoms with van der Waals surface area (Å²) in [4.78, 5) is 26.2. The zero-order valence-electron chi connectivity index (χ0n) is 15.3. The first-order valence-electron chi connectivity index (χ1n) is 9.10. The molecule has 3 aromatic heterocycles. The third-order valence-electron chi connectivity index (χ3n) is 4.58. The number of ether oxygens (including phenoxy) is 1. The van der Waals surface area contributed by atoms with E-state index in [2.05, 4.69) is 15.0 Å². The second kappa shape index (κ2) is 7.41. The minimum absolute atomic E-state index is 0.138. The van der Waals surface area contributed by atoms with E-state index in [4.69, 9.17) is 4.74 Å². The highest BCUT2D eigenvalue weighted by molar-refractivity contribution is 7.18. The number of carbonyl (C=O) groups excluding carboxylic acids is 1. The summed E-state index contributed by atoms with van der Waals surface area (Å²) in [5.74, 6) is -0.391. The number of hydrogen-bond donors (Lipinski definition) is 0. The second-order valence-electron chi connectivity index (χ2n) is 6.46. The first kappa shape index (κ1) is 17.5. The van der Waals surface area contributed by atoms with Gasteiger partial charge >= 0.3 is 5.97 Å². The zero-order chi connectivity index (χ0) is 19.6. The number of thiazole rings is 1. The van der Waals surface area contributed by atoms with E-state index in [9.17, 15) is 4.79 Å². The number of fused-ring (bicyclic) bond motifs is 2. The number of carbonyl (C=O) groups is 1. The van der Waals surface area contributed by atoms with E-state index in [1.165, 1.54) is 11.3 Å². The van der Waals surface area contributed by atoms with Crippen molar-refractivity contribution in [3.63, 3.8) is 0 Å². The molecule has 5 nitrogen and oxygen atoms in total. The van der Waals surface area contributed by atoms with Crippen molar-refractivity contribution in [2.24, 2.45) is 0 Å². The lowest BCUT2D eigenvalue weighted by atomic mass is 10.0. The summed E-state index contributed by atoms with van der Waals surface area (Å²) in [6, 6.07) is 21.0. The molecule has 0 atom stereocenters. The maximum Gasteiger partial charge on any atom is 0.339 e. The van der Waals surface area contributed by atoms with Gasteiger partial charge in [-0.3, -0.25) is 4.98 Å². The summed E-state index contributed by atoms with van der Waals surface area (Å²) in [6.45, 7) is 0.138. The van der Waals surface area contributed by atoms with Crippen LogP contribution in [0.25, 0.3) is 32.4 Å². The molecule has 6 heteroatoms. The summed E-state index contributed by atoms with van der Waals surface area (Å²) in [5.41, 5.74) is 3.75. The van der Waals surface area contributed by atoms with Gasteiger partial charge in [0, 0.05) is 23.3 Å². The van der Waals surface area contributed by atoms with Gasteiger partial charge in [-0.1, -0.05) is 30.3 Å². The summed E-state index contributed by atoms with van der Waals surface area (Å²) in [6.07, 6.45) is 3.41. The van der Waals surface area contributed by atoms with Gasteiger partial charge in [0.1, 0.15) is 11.6 Å². The Balaban J connectivity index is 1.48. The first-order chi connectivity index (χ1) is 14.3. The fourth-order valence-electron chi connectivity index (χ4n) is 3.20. The number of nitrogens with zero attached hydrogens (tertiary/aromatic N) is 3. The van der Waals surface area contributed by atoms with Gasteiger partial charge in [-0.05, 0) is 36.4 Å². The second-order valence-corrected chi connectivity index (χ2v) is 7.57. The van der Waals surface area contributed by atoms with Crippen LogP contribution in [0.2, 0.25) is 0 Å². The molecule has 2 aromatic carbocycles. The minimum Gasteiger partial charge on any atom is -0.455 e. The van der Waals surface area contributed by atoms with Gasteiger partial charge in [-0.15, -0.1) is 11.3 Å². The fourth-order valence-corrected chi connectivity index (χ4v) is 4.08. The molecule has 0 unspecified atom stereocenters. The number of rotatable bonds is 4. The Hall–Kier alpha value is -3.64. The predicted molar refractivity (Wildman–Crippen MR) is 114 cm³/mol. The van der Waals surface area contributed by atoms with Crippen LogP contribution in [0.4, 0.5) is 0 Å². The lowest BCUT2D eigenvalue weighted by Crippen LogP contribution is -2.07. The third-order valence-corrected chi connectivity index (χ3v) is 5.59. The normalized spacial score (nSPS) is 11.0. The Morgan fingerprint density at radius 3 is 2.48 bits per heavy atom. The van der Waals surface area contributed by atoms with Crippen molar-refractivity contribution in [1.29, 1.82) is 0 Å². The maximum absolute atomic E-state index is 12.9. The van der Waals surface area contributed by atoms with Crippen molar-refractivity contribution in [1.82, 2.24) is 15.0 Å². The summed E-state index contributed by atoms with van der Waals surface area (Å²) >= 11 is 1.53. The summed E-state index contributed by atoms with van der Waals surface area (Å²) in [7, 11) is 0. The molecule has 0 saturated carbocycles. The number of aromatic nitrogens is 3. The minimum atomic E-state index is -0.391. The van der Waals surface area contributed by atoms with Gasteiger partial charge in [0.25, 0.3) is 0 Å². The molecule has 0 N–H and O–H groups in total. The van der Waals surface area contributed by atoms with E-state index < -0.39 is 5.97 Å². The Labute approximate surface area is 170 Å². The molecule has 5 aromatic rings. The van der Waals surface area contributed by atoms with Gasteiger partial charge in [0.05, 0.1) is 27.0 Å². The molecule has 0 fully saturated rings. The predicted octanol–water partition coefficient (Wildman–Crippen LogP) is 5.26. The van der Waals surface area contributed by atoms with E-state index in [0.717, 1.165) is 31.7 Å². The van der Waals surface area contributed by atoms with Gasteiger partial charge < -0.3 is 4.74 Å². The molecule has 140 valence electrons. The smallest absolute Gasteiger partial charge is 0.339 e. The van der Waals surface area contributed by atoms with E-state index in [1.807, 2.05) is 60.7 Å². The number of pyridine rings is 2. The molecule has 0 aliphatic carbocycles. The van der Waals surface area contributed by atoms with Crippen molar-refractivity contribution >= 4 is 38.4 Å². The average Bonchev–Trinajstić information content (AvgIpc) is 3.20. The molecule has 0 saturated heterocycles. The van der Waals surface area contributed by atoms with E-state index in [-0.39, 0.29) is 6.61 Å². The van der Waals surface area contributed by atoms with Crippen LogP contribution in [-0.4, -0.2) is 20.9 Å². The van der Waals surface area contributed by atoms with Crippen molar-refractivity contribution < 1.29 is 9.53 Å². The highest BCUT2D eigenvalue weighted by Crippen LogP contribution is 2.26. The van der Waals surface area contributed by atoms with Gasteiger partial charge in [0.15, 0.2) is 0 Å². The molecule has 0 aliphatic rings. The largest absolute Gasteiger partial charge is 0.455 e. The van der Waals surface area contributed by atoms with Crippen LogP contribution in [0.15, 0.2) is 79.1 Å². The van der Waals surface area contributed by atoms with Crippen LogP contribution in [0.5, 0.6) is 0 Å². The molecule has 0 bridgehead atoms. The quantitative estimate of drug-likeness (QED) is 0.387. The first-order valence-corrected chi connectivity index (χ1v) is 9.91. The molecular formula is C23H15N3O2S. The topological polar surface area (TPSA) is 65.0 Å². The standard InChI is InChI=1S/C23H15N3O2S/c27-23(28-14-22-26-19-7-3-4-8-21(19)29-22)17-13-20(15-9-11-24-12-10-15)25-18-6-2-1-5-16(17)18/h1-13H,14H2. The number of hydrogen-bond acceptors (Lipinski definition) is 6. The summed E-state index contributed by atoms with van der Waals surface area (Å²) in [5, 5.41) is 1.53. The van der Waals surface area contributed by atoms with Gasteiger partial charge in [-0.25, -0.2) is 14.8 Å². The number of esters is 1. The molecule has 3 heterocycles. The summed E-state index contributed by atoms with van der Waals surface area (Å²) < 4.78 is 6.69. The fraction of sp³-hybridized carbons (Fsp3) is 0.0435. The lowest BCUT2D eigenvalue weighted by molar-refractivity contribution is 0.0475. The Bertz CT molecular complexity index is 1300. The maximum atomic E-state index is 12.9. The lowest BCUT2D eigenvalue weighted by Gasteiger charge is -2.09. The highest BCUT2D eigenvalue weighted by Gasteiger charge is 2.16. The van der Waals surface area contributed by atoms with Crippen LogP contribution < -0.4 is 0 Å². The van der Waals surface area contributed by atoms with Crippen molar-refractivity contribution in [3.05, 3.63) is 89.7 Å². The Morgan fingerprint density at radius 1 is 0.897 bits per heavy atom. The molecule has 0 radical (unpaired) electrons. The number of benzene rings is 2. The van der Waals surface area contributed by atoms with Crippen LogP contribution in [0, 0.1) is 0 Å². The monoisotopic (exact) mass is 397 g/mol. The van der Waals surface area contributed by atoms with E-state index in [1.54, 1.807) is 18.5 Å². The molecule has 0 amide bonds. The van der Waals surface area contributed by atoms with Crippen molar-refractivity contribution in [2.75, 3.05) is 0 Å². The SMILES string of the molecule is O=C(OCc1nc2ccccc2s1)c1cc(-c2ccncc2)nc2ccccc12. The van der Waals surface area contributed by atoms with Gasteiger partial charge in [0.2, 0.25) is 0 Å². The molecule has 0 aliphatic heterocycles. The van der Waals surface area contributed by atoms with Crippen LogP contribution in [0.3, 0.4) is 0 Å². The van der Waals surface area contributed by atoms with Crippen LogP contribution in [0.1, 0.15) is 15.4 Å². The van der Waals surface area contributed by atoms with Crippen molar-refractivity contribution in [2.45, 2.75) is 6.61 Å². The molecule has 0 spiro atoms. The van der Waals surface area contributed by atoms with Crippen LogP contribution in [-0.2, 0) is 11.3 Å². The van der Waals surface area contributed by atoms with Crippen LogP contribution >= 0.6 is 11.3 Å². The highest BCUT2D eigenvalue weighted by atomic mass is 32.1. The molecule has 5 rings (SSSR count). The number of para-hydroxylation sites is 2. The van der Waals surface area contributed by atoms with Crippen molar-refractivity contribution in [3.8, 4) is 11.3 Å². The Kier molecular flexibility index (Phi) is 4.46. The average molecular weight is 397 g/mol.